The number of nitrogens with one attached hydrogen (secondary N) is 2. The zero-order chi connectivity index (χ0) is 12.4. The molecule has 1 saturated carbocycles. The van der Waals surface area contributed by atoms with Gasteiger partial charge in [-0.1, -0.05) is 31.5 Å². The van der Waals surface area contributed by atoms with E-state index in [0.29, 0.717) is 5.41 Å². The molecule has 2 aliphatic rings. The number of para-hydroxylation sites is 1. The van der Waals surface area contributed by atoms with Crippen LogP contribution in [0.15, 0.2) is 18.2 Å². The largest absolute Gasteiger partial charge is 0.384 e. The summed E-state index contributed by atoms with van der Waals surface area (Å²) >= 11 is 0. The van der Waals surface area contributed by atoms with Crippen LogP contribution in [0, 0.1) is 5.41 Å². The maximum atomic E-state index is 3.68. The van der Waals surface area contributed by atoms with Gasteiger partial charge in [0, 0.05) is 25.3 Å². The first-order valence-corrected chi connectivity index (χ1v) is 7.38. The second-order valence-corrected chi connectivity index (χ2v) is 5.98. The summed E-state index contributed by atoms with van der Waals surface area (Å²) in [6.07, 6.45) is 6.76. The molecule has 0 bridgehead atoms. The number of hydrogen-bond acceptors (Lipinski definition) is 2. The smallest absolute Gasteiger partial charge is 0.0419 e. The molecule has 0 aromatic heterocycles. The maximum Gasteiger partial charge on any atom is 0.0419 e. The van der Waals surface area contributed by atoms with Gasteiger partial charge in [-0.2, -0.15) is 0 Å². The van der Waals surface area contributed by atoms with Crippen LogP contribution in [-0.2, 0) is 13.0 Å². The van der Waals surface area contributed by atoms with E-state index in [1.165, 1.54) is 55.5 Å². The summed E-state index contributed by atoms with van der Waals surface area (Å²) in [5, 5.41) is 7.20. The topological polar surface area (TPSA) is 24.1 Å². The SMILES string of the molecule is CCCC1(CNCc2cccc3c2NCC3)CC1. The van der Waals surface area contributed by atoms with E-state index in [1.807, 2.05) is 0 Å². The molecule has 1 aromatic carbocycles. The highest BCUT2D eigenvalue weighted by Crippen LogP contribution is 2.49. The molecule has 0 unspecified atom stereocenters. The van der Waals surface area contributed by atoms with Crippen molar-refractivity contribution in [1.82, 2.24) is 5.32 Å². The molecule has 1 aliphatic heterocycles. The van der Waals surface area contributed by atoms with Crippen LogP contribution in [-0.4, -0.2) is 13.1 Å². The van der Waals surface area contributed by atoms with Crippen LogP contribution in [0.3, 0.4) is 0 Å². The van der Waals surface area contributed by atoms with Crippen molar-refractivity contribution in [3.05, 3.63) is 29.3 Å². The Balaban J connectivity index is 1.56. The minimum atomic E-state index is 0.653. The average Bonchev–Trinajstić information content (AvgIpc) is 2.96. The van der Waals surface area contributed by atoms with Gasteiger partial charge in [0.15, 0.2) is 0 Å². The van der Waals surface area contributed by atoms with Gasteiger partial charge in [0.05, 0.1) is 0 Å². The van der Waals surface area contributed by atoms with Crippen molar-refractivity contribution in [3.63, 3.8) is 0 Å². The number of rotatable bonds is 6. The third kappa shape index (κ3) is 2.39. The molecular weight excluding hydrogens is 220 g/mol. The third-order valence-electron chi connectivity index (χ3n) is 4.49. The minimum absolute atomic E-state index is 0.653. The number of hydrogen-bond donors (Lipinski definition) is 2. The predicted octanol–water partition coefficient (Wildman–Crippen LogP) is 3.32. The molecule has 2 N–H and O–H groups in total. The highest BCUT2D eigenvalue weighted by molar-refractivity contribution is 5.61. The molecule has 2 heteroatoms. The Labute approximate surface area is 110 Å². The number of fused-ring (bicyclic) bond motifs is 1. The van der Waals surface area contributed by atoms with Crippen LogP contribution < -0.4 is 10.6 Å². The molecular formula is C16H24N2. The highest BCUT2D eigenvalue weighted by Gasteiger charge is 2.40. The van der Waals surface area contributed by atoms with Gasteiger partial charge < -0.3 is 10.6 Å². The van der Waals surface area contributed by atoms with Crippen molar-refractivity contribution in [2.24, 2.45) is 5.41 Å². The van der Waals surface area contributed by atoms with Gasteiger partial charge in [0.1, 0.15) is 0 Å². The summed E-state index contributed by atoms with van der Waals surface area (Å²) in [7, 11) is 0. The van der Waals surface area contributed by atoms with Crippen molar-refractivity contribution in [2.75, 3.05) is 18.4 Å². The monoisotopic (exact) mass is 244 g/mol. The quantitative estimate of drug-likeness (QED) is 0.802. The molecule has 0 saturated heterocycles. The lowest BCUT2D eigenvalue weighted by Crippen LogP contribution is -2.23. The van der Waals surface area contributed by atoms with E-state index < -0.39 is 0 Å². The molecule has 1 heterocycles. The first-order chi connectivity index (χ1) is 8.83. The van der Waals surface area contributed by atoms with Gasteiger partial charge in [-0.25, -0.2) is 0 Å². The molecule has 0 amide bonds. The van der Waals surface area contributed by atoms with Crippen LogP contribution in [0.1, 0.15) is 43.7 Å². The van der Waals surface area contributed by atoms with E-state index in [9.17, 15) is 0 Å². The Hall–Kier alpha value is -1.02. The molecule has 98 valence electrons. The van der Waals surface area contributed by atoms with Crippen LogP contribution in [0.25, 0.3) is 0 Å². The van der Waals surface area contributed by atoms with Crippen molar-refractivity contribution >= 4 is 5.69 Å². The second-order valence-electron chi connectivity index (χ2n) is 5.98. The van der Waals surface area contributed by atoms with E-state index in [1.54, 1.807) is 0 Å². The van der Waals surface area contributed by atoms with Gasteiger partial charge in [0.25, 0.3) is 0 Å². The predicted molar refractivity (Wildman–Crippen MR) is 76.9 cm³/mol. The van der Waals surface area contributed by atoms with Gasteiger partial charge >= 0.3 is 0 Å². The van der Waals surface area contributed by atoms with E-state index >= 15 is 0 Å². The average molecular weight is 244 g/mol. The number of benzene rings is 1. The van der Waals surface area contributed by atoms with E-state index in [2.05, 4.69) is 35.8 Å². The van der Waals surface area contributed by atoms with Crippen molar-refractivity contribution in [3.8, 4) is 0 Å². The lowest BCUT2D eigenvalue weighted by atomic mass is 10.0. The Morgan fingerprint density at radius 2 is 2.22 bits per heavy atom. The summed E-state index contributed by atoms with van der Waals surface area (Å²) < 4.78 is 0. The van der Waals surface area contributed by atoms with Crippen LogP contribution >= 0.6 is 0 Å². The summed E-state index contributed by atoms with van der Waals surface area (Å²) in [5.74, 6) is 0. The summed E-state index contributed by atoms with van der Waals surface area (Å²) in [5.41, 5.74) is 4.98. The van der Waals surface area contributed by atoms with Crippen molar-refractivity contribution < 1.29 is 0 Å². The molecule has 2 nitrogen and oxygen atoms in total. The lowest BCUT2D eigenvalue weighted by molar-refractivity contribution is 0.421. The molecule has 18 heavy (non-hydrogen) atoms. The minimum Gasteiger partial charge on any atom is -0.384 e. The summed E-state index contributed by atoms with van der Waals surface area (Å²) in [6.45, 7) is 5.62. The first-order valence-electron chi connectivity index (χ1n) is 7.38. The van der Waals surface area contributed by atoms with Crippen molar-refractivity contribution in [1.29, 1.82) is 0 Å². The van der Waals surface area contributed by atoms with Gasteiger partial charge in [0.2, 0.25) is 0 Å². The fraction of sp³-hybridized carbons (Fsp3) is 0.625. The van der Waals surface area contributed by atoms with E-state index in [0.717, 1.165) is 13.1 Å². The zero-order valence-electron chi connectivity index (χ0n) is 11.4. The summed E-state index contributed by atoms with van der Waals surface area (Å²) in [6, 6.07) is 6.70. The Morgan fingerprint density at radius 3 is 3.00 bits per heavy atom. The Morgan fingerprint density at radius 1 is 1.33 bits per heavy atom. The molecule has 1 aliphatic carbocycles. The van der Waals surface area contributed by atoms with Crippen molar-refractivity contribution in [2.45, 2.75) is 45.6 Å². The summed E-state index contributed by atoms with van der Waals surface area (Å²) in [4.78, 5) is 0. The van der Waals surface area contributed by atoms with Crippen LogP contribution in [0.4, 0.5) is 5.69 Å². The van der Waals surface area contributed by atoms with Gasteiger partial charge in [-0.3, -0.25) is 0 Å². The molecule has 0 radical (unpaired) electrons. The fourth-order valence-corrected chi connectivity index (χ4v) is 3.24. The molecule has 1 fully saturated rings. The Kier molecular flexibility index (Phi) is 3.29. The standard InChI is InChI=1S/C16H24N2/c1-2-7-16(8-9-16)12-17-11-14-5-3-4-13-6-10-18-15(13)14/h3-5,17-18H,2,6-12H2,1H3. The second kappa shape index (κ2) is 4.93. The maximum absolute atomic E-state index is 3.68. The van der Waals surface area contributed by atoms with E-state index in [-0.39, 0.29) is 0 Å². The molecule has 0 spiro atoms. The molecule has 1 aromatic rings. The number of anilines is 1. The first kappa shape index (κ1) is 12.0. The normalized spacial score (nSPS) is 19.4. The third-order valence-corrected chi connectivity index (χ3v) is 4.49. The van der Waals surface area contributed by atoms with E-state index in [4.69, 9.17) is 0 Å². The highest BCUT2D eigenvalue weighted by atomic mass is 14.9. The Bertz CT molecular complexity index is 421. The zero-order valence-corrected chi connectivity index (χ0v) is 11.4. The van der Waals surface area contributed by atoms with Gasteiger partial charge in [-0.05, 0) is 42.2 Å². The fourth-order valence-electron chi connectivity index (χ4n) is 3.24. The lowest BCUT2D eigenvalue weighted by Gasteiger charge is -2.16. The van der Waals surface area contributed by atoms with Crippen LogP contribution in [0.2, 0.25) is 0 Å². The molecule has 3 rings (SSSR count). The van der Waals surface area contributed by atoms with Crippen LogP contribution in [0.5, 0.6) is 0 Å². The van der Waals surface area contributed by atoms with Gasteiger partial charge in [-0.15, -0.1) is 0 Å². The molecule has 0 atom stereocenters.